The molecule has 0 bridgehead atoms. The predicted molar refractivity (Wildman–Crippen MR) is 93.7 cm³/mol. The third-order valence-corrected chi connectivity index (χ3v) is 6.39. The molecule has 130 valence electrons. The van der Waals surface area contributed by atoms with E-state index >= 15 is 0 Å². The highest BCUT2D eigenvalue weighted by molar-refractivity contribution is 5.67. The maximum atomic E-state index is 11.5. The van der Waals surface area contributed by atoms with Crippen molar-refractivity contribution in [2.45, 2.75) is 50.7 Å². The van der Waals surface area contributed by atoms with Gasteiger partial charge in [-0.3, -0.25) is 14.6 Å². The van der Waals surface area contributed by atoms with Gasteiger partial charge in [0.25, 0.3) is 0 Å². The first-order valence-corrected chi connectivity index (χ1v) is 9.46. The molecule has 0 unspecified atom stereocenters. The fourth-order valence-electron chi connectivity index (χ4n) is 5.54. The first kappa shape index (κ1) is 16.1. The van der Waals surface area contributed by atoms with Gasteiger partial charge in [0.2, 0.25) is 0 Å². The van der Waals surface area contributed by atoms with Crippen LogP contribution < -0.4 is 0 Å². The largest absolute Gasteiger partial charge is 0.481 e. The summed E-state index contributed by atoms with van der Waals surface area (Å²) in [5.74, 6) is 0.597. The molecule has 4 rings (SSSR count). The van der Waals surface area contributed by atoms with E-state index in [-0.39, 0.29) is 12.5 Å². The molecule has 0 radical (unpaired) electrons. The van der Waals surface area contributed by atoms with Gasteiger partial charge < -0.3 is 5.11 Å². The van der Waals surface area contributed by atoms with Crippen molar-refractivity contribution in [2.75, 3.05) is 19.6 Å². The first-order chi connectivity index (χ1) is 11.7. The lowest BCUT2D eigenvalue weighted by Gasteiger charge is -2.57. The summed E-state index contributed by atoms with van der Waals surface area (Å²) >= 11 is 0. The number of carbonyl (C=O) groups is 1. The Hall–Kier alpha value is -1.39. The molecule has 0 saturated carbocycles. The number of likely N-dealkylation sites (tertiary alicyclic amines) is 1. The molecule has 24 heavy (non-hydrogen) atoms. The van der Waals surface area contributed by atoms with E-state index in [0.29, 0.717) is 12.0 Å². The highest BCUT2D eigenvalue weighted by atomic mass is 16.4. The molecule has 4 atom stereocenters. The van der Waals surface area contributed by atoms with Crippen molar-refractivity contribution >= 4 is 5.97 Å². The molecule has 1 aromatic rings. The Morgan fingerprint density at radius 3 is 2.62 bits per heavy atom. The molecule has 4 nitrogen and oxygen atoms in total. The Balaban J connectivity index is 1.60. The Labute approximate surface area is 144 Å². The Bertz CT molecular complexity index is 574. The Morgan fingerprint density at radius 1 is 1.12 bits per heavy atom. The number of benzene rings is 1. The van der Waals surface area contributed by atoms with Gasteiger partial charge in [0.1, 0.15) is 0 Å². The van der Waals surface area contributed by atoms with Gasteiger partial charge >= 0.3 is 5.97 Å². The number of carboxylic acids is 1. The quantitative estimate of drug-likeness (QED) is 0.923. The Kier molecular flexibility index (Phi) is 4.59. The number of rotatable bonds is 4. The van der Waals surface area contributed by atoms with Crippen LogP contribution in [0.5, 0.6) is 0 Å². The minimum absolute atomic E-state index is 0.185. The molecule has 0 aromatic heterocycles. The summed E-state index contributed by atoms with van der Waals surface area (Å²) < 4.78 is 0. The number of nitrogens with zero attached hydrogens (tertiary/aromatic N) is 2. The van der Waals surface area contributed by atoms with E-state index in [1.54, 1.807) is 0 Å². The fraction of sp³-hybridized carbons (Fsp3) is 0.650. The summed E-state index contributed by atoms with van der Waals surface area (Å²) in [6, 6.07) is 11.4. The minimum atomic E-state index is -0.649. The molecule has 3 saturated heterocycles. The lowest BCUT2D eigenvalue weighted by Crippen LogP contribution is -2.64. The van der Waals surface area contributed by atoms with Gasteiger partial charge in [-0.05, 0) is 56.2 Å². The zero-order chi connectivity index (χ0) is 16.5. The van der Waals surface area contributed by atoms with Crippen molar-refractivity contribution in [1.82, 2.24) is 9.80 Å². The maximum absolute atomic E-state index is 11.5. The summed E-state index contributed by atoms with van der Waals surface area (Å²) in [7, 11) is 0. The second-order valence-corrected chi connectivity index (χ2v) is 7.82. The molecule has 3 aliphatic rings. The summed E-state index contributed by atoms with van der Waals surface area (Å²) in [5, 5.41) is 9.50. The second kappa shape index (κ2) is 6.85. The maximum Gasteiger partial charge on any atom is 0.304 e. The van der Waals surface area contributed by atoms with Crippen LogP contribution in [0.2, 0.25) is 0 Å². The molecule has 0 amide bonds. The van der Waals surface area contributed by atoms with E-state index in [4.69, 9.17) is 0 Å². The standard InChI is InChI=1S/C20H28N2O2/c23-19(24)12-18-17-9-5-11-21-10-4-8-16(20(17)21)14-22(18)13-15-6-2-1-3-7-15/h1-3,6-7,16-18,20H,4-5,8-14H2,(H,23,24)/t16-,17+,18+,20-/m0/s1. The van der Waals surface area contributed by atoms with Crippen LogP contribution in [0.4, 0.5) is 0 Å². The van der Waals surface area contributed by atoms with E-state index in [9.17, 15) is 9.90 Å². The normalized spacial score (nSPS) is 33.8. The molecule has 0 spiro atoms. The molecule has 0 aliphatic carbocycles. The van der Waals surface area contributed by atoms with Crippen molar-refractivity contribution in [3.8, 4) is 0 Å². The van der Waals surface area contributed by atoms with Gasteiger partial charge in [-0.1, -0.05) is 30.3 Å². The summed E-state index contributed by atoms with van der Waals surface area (Å²) in [6.45, 7) is 4.38. The smallest absolute Gasteiger partial charge is 0.304 e. The molecule has 3 fully saturated rings. The van der Waals surface area contributed by atoms with Crippen LogP contribution in [-0.2, 0) is 11.3 Å². The van der Waals surface area contributed by atoms with Crippen LogP contribution in [0.25, 0.3) is 0 Å². The van der Waals surface area contributed by atoms with Crippen molar-refractivity contribution in [3.63, 3.8) is 0 Å². The average Bonchev–Trinajstić information content (AvgIpc) is 2.59. The molecule has 3 heterocycles. The van der Waals surface area contributed by atoms with E-state index in [2.05, 4.69) is 34.1 Å². The average molecular weight is 328 g/mol. The number of carboxylic acid groups (broad SMARTS) is 1. The van der Waals surface area contributed by atoms with Gasteiger partial charge in [0.05, 0.1) is 6.42 Å². The summed E-state index contributed by atoms with van der Waals surface area (Å²) in [4.78, 5) is 16.7. The van der Waals surface area contributed by atoms with Crippen LogP contribution >= 0.6 is 0 Å². The number of piperidine rings is 3. The zero-order valence-electron chi connectivity index (χ0n) is 14.3. The van der Waals surface area contributed by atoms with Crippen LogP contribution in [0.1, 0.15) is 37.7 Å². The fourth-order valence-corrected chi connectivity index (χ4v) is 5.54. The highest BCUT2D eigenvalue weighted by Crippen LogP contribution is 2.43. The molecule has 1 N–H and O–H groups in total. The lowest BCUT2D eigenvalue weighted by molar-refractivity contribution is -0.143. The number of aliphatic carboxylic acids is 1. The van der Waals surface area contributed by atoms with Gasteiger partial charge in [0.15, 0.2) is 0 Å². The van der Waals surface area contributed by atoms with Crippen LogP contribution in [0.15, 0.2) is 30.3 Å². The topological polar surface area (TPSA) is 43.8 Å². The lowest BCUT2D eigenvalue weighted by atomic mass is 9.69. The van der Waals surface area contributed by atoms with Gasteiger partial charge in [-0.2, -0.15) is 0 Å². The monoisotopic (exact) mass is 328 g/mol. The van der Waals surface area contributed by atoms with Crippen LogP contribution in [0.3, 0.4) is 0 Å². The van der Waals surface area contributed by atoms with E-state index < -0.39 is 5.97 Å². The SMILES string of the molecule is O=C(O)C[C@@H]1[C@H]2CCCN3CCC[C@@H](CN1Cc1ccccc1)[C@@H]23. The molecular weight excluding hydrogens is 300 g/mol. The van der Waals surface area contributed by atoms with E-state index in [0.717, 1.165) is 19.0 Å². The highest BCUT2D eigenvalue weighted by Gasteiger charge is 2.48. The minimum Gasteiger partial charge on any atom is -0.481 e. The number of hydrogen-bond acceptors (Lipinski definition) is 3. The third kappa shape index (κ3) is 3.09. The van der Waals surface area contributed by atoms with E-state index in [1.807, 2.05) is 6.07 Å². The Morgan fingerprint density at radius 2 is 1.88 bits per heavy atom. The van der Waals surface area contributed by atoms with Crippen molar-refractivity contribution in [1.29, 1.82) is 0 Å². The van der Waals surface area contributed by atoms with Crippen molar-refractivity contribution in [2.24, 2.45) is 11.8 Å². The van der Waals surface area contributed by atoms with Crippen LogP contribution in [0, 0.1) is 11.8 Å². The summed E-state index contributed by atoms with van der Waals surface area (Å²) in [5.41, 5.74) is 1.30. The van der Waals surface area contributed by atoms with Gasteiger partial charge in [0, 0.05) is 25.2 Å². The van der Waals surface area contributed by atoms with Gasteiger partial charge in [-0.25, -0.2) is 0 Å². The molecule has 1 aromatic carbocycles. The third-order valence-electron chi connectivity index (χ3n) is 6.39. The second-order valence-electron chi connectivity index (χ2n) is 7.82. The van der Waals surface area contributed by atoms with Gasteiger partial charge in [-0.15, -0.1) is 0 Å². The first-order valence-electron chi connectivity index (χ1n) is 9.46. The molecule has 3 aliphatic heterocycles. The zero-order valence-corrected chi connectivity index (χ0v) is 14.3. The van der Waals surface area contributed by atoms with Crippen molar-refractivity contribution < 1.29 is 9.90 Å². The number of hydrogen-bond donors (Lipinski definition) is 1. The predicted octanol–water partition coefficient (Wildman–Crippen LogP) is 2.84. The van der Waals surface area contributed by atoms with Crippen LogP contribution in [-0.4, -0.2) is 52.6 Å². The molecular formula is C20H28N2O2. The summed E-state index contributed by atoms with van der Waals surface area (Å²) in [6.07, 6.45) is 5.32. The molecule has 4 heteroatoms. The van der Waals surface area contributed by atoms with Crippen molar-refractivity contribution in [3.05, 3.63) is 35.9 Å². The van der Waals surface area contributed by atoms with E-state index in [1.165, 1.54) is 44.3 Å².